The molecule has 0 amide bonds. The van der Waals surface area contributed by atoms with E-state index < -0.39 is 0 Å². The zero-order valence-corrected chi connectivity index (χ0v) is 10.8. The van der Waals surface area contributed by atoms with E-state index in [1.54, 1.807) is 0 Å². The molecule has 0 aliphatic heterocycles. The Morgan fingerprint density at radius 2 is 1.78 bits per heavy atom. The average Bonchev–Trinajstić information content (AvgIpc) is 2.39. The van der Waals surface area contributed by atoms with Gasteiger partial charge < -0.3 is 9.84 Å². The molecule has 2 nitrogen and oxygen atoms in total. The molecule has 0 spiro atoms. The zero-order chi connectivity index (χ0) is 13.0. The highest BCUT2D eigenvalue weighted by Crippen LogP contribution is 2.21. The number of hydrogen-bond donors (Lipinski definition) is 1. The molecule has 0 aliphatic carbocycles. The smallest absolute Gasteiger partial charge is 0.125 e. The van der Waals surface area contributed by atoms with Gasteiger partial charge in [-0.15, -0.1) is 0 Å². The lowest BCUT2D eigenvalue weighted by atomic mass is 10.1. The molecule has 2 aromatic rings. The number of aliphatic hydroxyl groups is 1. The molecular formula is C16H18O2. The highest BCUT2D eigenvalue weighted by molar-refractivity contribution is 5.37. The normalized spacial score (nSPS) is 10.4. The number of aryl methyl sites for hydroxylation is 2. The lowest BCUT2D eigenvalue weighted by Crippen LogP contribution is -2.00. The molecule has 0 radical (unpaired) electrons. The van der Waals surface area contributed by atoms with Crippen molar-refractivity contribution in [3.05, 3.63) is 64.7 Å². The van der Waals surface area contributed by atoms with Gasteiger partial charge in [0, 0.05) is 5.56 Å². The highest BCUT2D eigenvalue weighted by atomic mass is 16.5. The van der Waals surface area contributed by atoms with E-state index >= 15 is 0 Å². The quantitative estimate of drug-likeness (QED) is 0.890. The molecule has 0 saturated heterocycles. The molecule has 1 N–H and O–H groups in total. The Bertz CT molecular complexity index is 532. The zero-order valence-electron chi connectivity index (χ0n) is 10.8. The summed E-state index contributed by atoms with van der Waals surface area (Å²) < 4.78 is 5.79. The molecule has 2 rings (SSSR count). The van der Waals surface area contributed by atoms with E-state index in [0.29, 0.717) is 6.61 Å². The molecule has 0 atom stereocenters. The topological polar surface area (TPSA) is 29.5 Å². The standard InChI is InChI=1S/C16H18O2/c1-12-7-8-16(15(9-12)10-17)18-11-14-6-4-3-5-13(14)2/h3-9,17H,10-11H2,1-2H3. The Balaban J connectivity index is 2.13. The third-order valence-corrected chi connectivity index (χ3v) is 3.03. The number of benzene rings is 2. The fourth-order valence-corrected chi connectivity index (χ4v) is 1.90. The summed E-state index contributed by atoms with van der Waals surface area (Å²) >= 11 is 0. The lowest BCUT2D eigenvalue weighted by molar-refractivity contribution is 0.258. The molecule has 2 aromatic carbocycles. The van der Waals surface area contributed by atoms with Gasteiger partial charge in [0.1, 0.15) is 12.4 Å². The van der Waals surface area contributed by atoms with Crippen molar-refractivity contribution in [2.45, 2.75) is 27.1 Å². The molecular weight excluding hydrogens is 224 g/mol. The molecule has 2 heteroatoms. The maximum atomic E-state index is 9.31. The molecule has 94 valence electrons. The van der Waals surface area contributed by atoms with Gasteiger partial charge in [0.25, 0.3) is 0 Å². The summed E-state index contributed by atoms with van der Waals surface area (Å²) in [4.78, 5) is 0. The van der Waals surface area contributed by atoms with Gasteiger partial charge in [0.2, 0.25) is 0 Å². The van der Waals surface area contributed by atoms with Crippen molar-refractivity contribution < 1.29 is 9.84 Å². The lowest BCUT2D eigenvalue weighted by Gasteiger charge is -2.12. The van der Waals surface area contributed by atoms with Crippen LogP contribution in [-0.4, -0.2) is 5.11 Å². The van der Waals surface area contributed by atoms with Crippen LogP contribution in [0.1, 0.15) is 22.3 Å². The van der Waals surface area contributed by atoms with Crippen molar-refractivity contribution in [1.82, 2.24) is 0 Å². The molecule has 0 saturated carbocycles. The fraction of sp³-hybridized carbons (Fsp3) is 0.250. The third kappa shape index (κ3) is 2.90. The number of hydrogen-bond acceptors (Lipinski definition) is 2. The van der Waals surface area contributed by atoms with Crippen LogP contribution in [0.25, 0.3) is 0 Å². The minimum atomic E-state index is 0.00475. The summed E-state index contributed by atoms with van der Waals surface area (Å²) in [5.74, 6) is 0.756. The van der Waals surface area contributed by atoms with Crippen LogP contribution in [0.4, 0.5) is 0 Å². The molecule has 0 fully saturated rings. The summed E-state index contributed by atoms with van der Waals surface area (Å²) in [5.41, 5.74) is 4.35. The average molecular weight is 242 g/mol. The number of aliphatic hydroxyl groups excluding tert-OH is 1. The van der Waals surface area contributed by atoms with E-state index in [0.717, 1.165) is 16.9 Å². The van der Waals surface area contributed by atoms with Crippen molar-refractivity contribution in [2.75, 3.05) is 0 Å². The summed E-state index contributed by atoms with van der Waals surface area (Å²) in [5, 5.41) is 9.31. The molecule has 0 bridgehead atoms. The maximum Gasteiger partial charge on any atom is 0.125 e. The summed E-state index contributed by atoms with van der Waals surface area (Å²) in [6, 6.07) is 14.0. The highest BCUT2D eigenvalue weighted by Gasteiger charge is 2.04. The second-order valence-corrected chi connectivity index (χ2v) is 4.48. The first-order valence-electron chi connectivity index (χ1n) is 6.08. The van der Waals surface area contributed by atoms with Crippen molar-refractivity contribution in [3.63, 3.8) is 0 Å². The van der Waals surface area contributed by atoms with Crippen LogP contribution in [-0.2, 0) is 13.2 Å². The van der Waals surface area contributed by atoms with E-state index in [-0.39, 0.29) is 6.61 Å². The first-order chi connectivity index (χ1) is 8.70. The van der Waals surface area contributed by atoms with Gasteiger partial charge in [-0.2, -0.15) is 0 Å². The Labute approximate surface area is 108 Å². The van der Waals surface area contributed by atoms with E-state index in [9.17, 15) is 5.11 Å². The van der Waals surface area contributed by atoms with Crippen LogP contribution in [0.5, 0.6) is 5.75 Å². The van der Waals surface area contributed by atoms with E-state index in [1.165, 1.54) is 11.1 Å². The van der Waals surface area contributed by atoms with Crippen LogP contribution in [0, 0.1) is 13.8 Å². The fourth-order valence-electron chi connectivity index (χ4n) is 1.90. The minimum absolute atomic E-state index is 0.00475. The van der Waals surface area contributed by atoms with Gasteiger partial charge >= 0.3 is 0 Å². The third-order valence-electron chi connectivity index (χ3n) is 3.03. The summed E-state index contributed by atoms with van der Waals surface area (Å²) in [7, 11) is 0. The SMILES string of the molecule is Cc1ccc(OCc2ccccc2C)c(CO)c1. The van der Waals surface area contributed by atoms with Gasteiger partial charge in [-0.05, 0) is 31.0 Å². The van der Waals surface area contributed by atoms with E-state index in [1.807, 2.05) is 37.3 Å². The van der Waals surface area contributed by atoms with Crippen molar-refractivity contribution in [2.24, 2.45) is 0 Å². The predicted molar refractivity (Wildman–Crippen MR) is 72.6 cm³/mol. The number of rotatable bonds is 4. The van der Waals surface area contributed by atoms with E-state index in [4.69, 9.17) is 4.74 Å². The van der Waals surface area contributed by atoms with Crippen LogP contribution >= 0.6 is 0 Å². The number of ether oxygens (including phenoxy) is 1. The van der Waals surface area contributed by atoms with Gasteiger partial charge in [-0.3, -0.25) is 0 Å². The first-order valence-corrected chi connectivity index (χ1v) is 6.08. The van der Waals surface area contributed by atoms with Crippen molar-refractivity contribution in [1.29, 1.82) is 0 Å². The van der Waals surface area contributed by atoms with Gasteiger partial charge in [0.05, 0.1) is 6.61 Å². The molecule has 18 heavy (non-hydrogen) atoms. The summed E-state index contributed by atoms with van der Waals surface area (Å²) in [6.45, 7) is 4.61. The van der Waals surface area contributed by atoms with Crippen molar-refractivity contribution >= 4 is 0 Å². The van der Waals surface area contributed by atoms with Crippen molar-refractivity contribution in [3.8, 4) is 5.75 Å². The largest absolute Gasteiger partial charge is 0.489 e. The first kappa shape index (κ1) is 12.7. The Morgan fingerprint density at radius 1 is 1.00 bits per heavy atom. The van der Waals surface area contributed by atoms with Gasteiger partial charge in [0.15, 0.2) is 0 Å². The second kappa shape index (κ2) is 5.69. The van der Waals surface area contributed by atoms with Crippen LogP contribution in [0.15, 0.2) is 42.5 Å². The molecule has 0 aromatic heterocycles. The Kier molecular flexibility index (Phi) is 4.00. The minimum Gasteiger partial charge on any atom is -0.489 e. The molecule has 0 aliphatic rings. The van der Waals surface area contributed by atoms with Crippen LogP contribution < -0.4 is 4.74 Å². The van der Waals surface area contributed by atoms with E-state index in [2.05, 4.69) is 19.1 Å². The second-order valence-electron chi connectivity index (χ2n) is 4.48. The van der Waals surface area contributed by atoms with Crippen LogP contribution in [0.2, 0.25) is 0 Å². The van der Waals surface area contributed by atoms with Crippen LogP contribution in [0.3, 0.4) is 0 Å². The Hall–Kier alpha value is -1.80. The van der Waals surface area contributed by atoms with Gasteiger partial charge in [-0.25, -0.2) is 0 Å². The summed E-state index contributed by atoms with van der Waals surface area (Å²) in [6.07, 6.45) is 0. The monoisotopic (exact) mass is 242 g/mol. The maximum absolute atomic E-state index is 9.31. The van der Waals surface area contributed by atoms with Gasteiger partial charge in [-0.1, -0.05) is 42.0 Å². The Morgan fingerprint density at radius 3 is 2.50 bits per heavy atom. The predicted octanol–water partition coefficient (Wildman–Crippen LogP) is 3.37. The molecule has 0 unspecified atom stereocenters. The molecule has 0 heterocycles.